The highest BCUT2D eigenvalue weighted by atomic mass is 19.1. The largest absolute Gasteiger partial charge is 0.207 e. The number of benzene rings is 2. The molecule has 82 valence electrons. The number of hydrogen-bond donors (Lipinski definition) is 0. The second-order valence-corrected chi connectivity index (χ2v) is 3.61. The highest BCUT2D eigenvalue weighted by Crippen LogP contribution is 2.27. The van der Waals surface area contributed by atoms with Gasteiger partial charge in [-0.3, -0.25) is 0 Å². The van der Waals surface area contributed by atoms with Crippen LogP contribution in [-0.2, 0) is 0 Å². The molecule has 0 spiro atoms. The van der Waals surface area contributed by atoms with Crippen LogP contribution in [0.2, 0.25) is 0 Å². The van der Waals surface area contributed by atoms with Gasteiger partial charge in [0.2, 0.25) is 0 Å². The molecule has 0 amide bonds. The highest BCUT2D eigenvalue weighted by molar-refractivity contribution is 5.65. The van der Waals surface area contributed by atoms with E-state index in [4.69, 9.17) is 0 Å². The Hall–Kier alpha value is -1.77. The fourth-order valence-electron chi connectivity index (χ4n) is 1.62. The van der Waals surface area contributed by atoms with E-state index in [2.05, 4.69) is 0 Å². The third kappa shape index (κ3) is 1.94. The average molecular weight is 222 g/mol. The summed E-state index contributed by atoms with van der Waals surface area (Å²) in [4.78, 5) is 0. The summed E-state index contributed by atoms with van der Waals surface area (Å²) in [6.07, 6.45) is 0. The predicted molar refractivity (Wildman–Crippen MR) is 56.5 cm³/mol. The molecule has 2 aromatic carbocycles. The molecular formula is C13H9F3. The lowest BCUT2D eigenvalue weighted by atomic mass is 10.0. The quantitative estimate of drug-likeness (QED) is 0.682. The molecule has 2 aromatic rings. The second kappa shape index (κ2) is 4.00. The summed E-state index contributed by atoms with van der Waals surface area (Å²) in [6, 6.07) is 7.68. The van der Waals surface area contributed by atoms with Crippen molar-refractivity contribution in [2.24, 2.45) is 0 Å². The molecular weight excluding hydrogens is 213 g/mol. The number of hydrogen-bond acceptors (Lipinski definition) is 0. The van der Waals surface area contributed by atoms with Crippen LogP contribution in [0.4, 0.5) is 13.2 Å². The smallest absolute Gasteiger partial charge is 0.134 e. The van der Waals surface area contributed by atoms with Gasteiger partial charge in [-0.15, -0.1) is 0 Å². The lowest BCUT2D eigenvalue weighted by Gasteiger charge is -2.06. The third-order valence-corrected chi connectivity index (χ3v) is 2.30. The van der Waals surface area contributed by atoms with Crippen LogP contribution in [0, 0.1) is 24.4 Å². The van der Waals surface area contributed by atoms with Gasteiger partial charge in [-0.05, 0) is 42.3 Å². The molecule has 0 atom stereocenters. The summed E-state index contributed by atoms with van der Waals surface area (Å²) in [5.74, 6) is -1.87. The van der Waals surface area contributed by atoms with Gasteiger partial charge in [-0.1, -0.05) is 12.1 Å². The maximum absolute atomic E-state index is 13.6. The first-order valence-electron chi connectivity index (χ1n) is 4.79. The van der Waals surface area contributed by atoms with Crippen molar-refractivity contribution in [1.29, 1.82) is 0 Å². The van der Waals surface area contributed by atoms with Crippen LogP contribution in [0.3, 0.4) is 0 Å². The van der Waals surface area contributed by atoms with Crippen molar-refractivity contribution < 1.29 is 13.2 Å². The van der Waals surface area contributed by atoms with E-state index in [0.29, 0.717) is 5.56 Å². The van der Waals surface area contributed by atoms with Gasteiger partial charge in [0.05, 0.1) is 5.56 Å². The van der Waals surface area contributed by atoms with Crippen LogP contribution < -0.4 is 0 Å². The Balaban J connectivity index is 2.64. The zero-order valence-electron chi connectivity index (χ0n) is 8.60. The van der Waals surface area contributed by atoms with Gasteiger partial charge in [0.15, 0.2) is 0 Å². The molecule has 0 unspecified atom stereocenters. The fourth-order valence-corrected chi connectivity index (χ4v) is 1.62. The Morgan fingerprint density at radius 2 is 1.50 bits per heavy atom. The fraction of sp³-hybridized carbons (Fsp3) is 0.0769. The summed E-state index contributed by atoms with van der Waals surface area (Å²) in [7, 11) is 0. The van der Waals surface area contributed by atoms with Crippen molar-refractivity contribution in [3.8, 4) is 11.1 Å². The SMILES string of the molecule is Cc1cc(F)c(-c2cccc(F)c2)c(F)c1. The minimum Gasteiger partial charge on any atom is -0.207 e. The molecule has 0 aliphatic rings. The van der Waals surface area contributed by atoms with Crippen LogP contribution >= 0.6 is 0 Å². The highest BCUT2D eigenvalue weighted by Gasteiger charge is 2.12. The Labute approximate surface area is 91.4 Å². The van der Waals surface area contributed by atoms with E-state index in [1.807, 2.05) is 0 Å². The van der Waals surface area contributed by atoms with Crippen LogP contribution in [-0.4, -0.2) is 0 Å². The molecule has 0 nitrogen and oxygen atoms in total. The first-order chi connectivity index (χ1) is 7.58. The molecule has 0 radical (unpaired) electrons. The van der Waals surface area contributed by atoms with Gasteiger partial charge < -0.3 is 0 Å². The minimum absolute atomic E-state index is 0.190. The summed E-state index contributed by atoms with van der Waals surface area (Å²) < 4.78 is 40.1. The lowest BCUT2D eigenvalue weighted by Crippen LogP contribution is -1.92. The van der Waals surface area contributed by atoms with Crippen molar-refractivity contribution in [2.45, 2.75) is 6.92 Å². The van der Waals surface area contributed by atoms with E-state index in [-0.39, 0.29) is 11.1 Å². The summed E-state index contributed by atoms with van der Waals surface area (Å²) in [6.45, 7) is 1.60. The van der Waals surface area contributed by atoms with E-state index in [1.54, 1.807) is 6.92 Å². The molecule has 0 saturated heterocycles. The normalized spacial score (nSPS) is 10.5. The molecule has 2 rings (SSSR count). The van der Waals surface area contributed by atoms with Crippen molar-refractivity contribution in [3.05, 3.63) is 59.4 Å². The molecule has 0 aliphatic carbocycles. The molecule has 0 heterocycles. The Morgan fingerprint density at radius 1 is 0.875 bits per heavy atom. The minimum atomic E-state index is -0.678. The van der Waals surface area contributed by atoms with Crippen LogP contribution in [0.1, 0.15) is 5.56 Å². The average Bonchev–Trinajstić information content (AvgIpc) is 2.15. The van der Waals surface area contributed by atoms with Crippen molar-refractivity contribution in [1.82, 2.24) is 0 Å². The van der Waals surface area contributed by atoms with E-state index in [1.165, 1.54) is 30.3 Å². The standard InChI is InChI=1S/C13H9F3/c1-8-5-11(15)13(12(16)6-8)9-3-2-4-10(14)7-9/h2-7H,1H3. The van der Waals surface area contributed by atoms with E-state index in [0.717, 1.165) is 6.07 Å². The maximum atomic E-state index is 13.6. The van der Waals surface area contributed by atoms with Crippen molar-refractivity contribution >= 4 is 0 Å². The van der Waals surface area contributed by atoms with E-state index >= 15 is 0 Å². The topological polar surface area (TPSA) is 0 Å². The Morgan fingerprint density at radius 3 is 2.06 bits per heavy atom. The first-order valence-corrected chi connectivity index (χ1v) is 4.79. The van der Waals surface area contributed by atoms with Gasteiger partial charge in [-0.2, -0.15) is 0 Å². The van der Waals surface area contributed by atoms with Gasteiger partial charge in [0.1, 0.15) is 17.5 Å². The zero-order valence-corrected chi connectivity index (χ0v) is 8.60. The van der Waals surface area contributed by atoms with Crippen LogP contribution in [0.25, 0.3) is 11.1 Å². The molecule has 16 heavy (non-hydrogen) atoms. The van der Waals surface area contributed by atoms with Crippen LogP contribution in [0.5, 0.6) is 0 Å². The van der Waals surface area contributed by atoms with Gasteiger partial charge in [0, 0.05) is 0 Å². The first kappa shape index (κ1) is 10.7. The molecule has 0 fully saturated rings. The summed E-state index contributed by atoms with van der Waals surface area (Å²) in [5.41, 5.74) is 0.509. The predicted octanol–water partition coefficient (Wildman–Crippen LogP) is 4.08. The maximum Gasteiger partial charge on any atom is 0.134 e. The third-order valence-electron chi connectivity index (χ3n) is 2.30. The molecule has 3 heteroatoms. The monoisotopic (exact) mass is 222 g/mol. The second-order valence-electron chi connectivity index (χ2n) is 3.61. The summed E-state index contributed by atoms with van der Waals surface area (Å²) in [5, 5.41) is 0. The molecule has 0 aliphatic heterocycles. The lowest BCUT2D eigenvalue weighted by molar-refractivity contribution is 0.587. The van der Waals surface area contributed by atoms with Crippen molar-refractivity contribution in [3.63, 3.8) is 0 Å². The number of rotatable bonds is 1. The Kier molecular flexibility index (Phi) is 2.69. The molecule has 0 aromatic heterocycles. The van der Waals surface area contributed by atoms with Gasteiger partial charge in [-0.25, -0.2) is 13.2 Å². The molecule has 0 bridgehead atoms. The number of halogens is 3. The zero-order chi connectivity index (χ0) is 11.7. The summed E-state index contributed by atoms with van der Waals surface area (Å²) >= 11 is 0. The van der Waals surface area contributed by atoms with E-state index < -0.39 is 17.5 Å². The number of aryl methyl sites for hydroxylation is 1. The van der Waals surface area contributed by atoms with Gasteiger partial charge >= 0.3 is 0 Å². The van der Waals surface area contributed by atoms with Gasteiger partial charge in [0.25, 0.3) is 0 Å². The van der Waals surface area contributed by atoms with Crippen molar-refractivity contribution in [2.75, 3.05) is 0 Å². The van der Waals surface area contributed by atoms with Crippen LogP contribution in [0.15, 0.2) is 36.4 Å². The molecule has 0 saturated carbocycles. The Bertz CT molecular complexity index is 509. The molecule has 0 N–H and O–H groups in total. The van der Waals surface area contributed by atoms with E-state index in [9.17, 15) is 13.2 Å².